The van der Waals surface area contributed by atoms with Crippen LogP contribution in [0.4, 0.5) is 5.69 Å². The minimum Gasteiger partial charge on any atom is -0.466 e. The lowest BCUT2D eigenvalue weighted by atomic mass is 10.1. The summed E-state index contributed by atoms with van der Waals surface area (Å²) < 4.78 is 4.77. The molecule has 1 aromatic rings. The quantitative estimate of drug-likeness (QED) is 0.816. The van der Waals surface area contributed by atoms with E-state index in [4.69, 9.17) is 4.74 Å². The molecule has 1 amide bonds. The number of anilines is 1. The van der Waals surface area contributed by atoms with Crippen LogP contribution in [0.25, 0.3) is 0 Å². The molecule has 18 heavy (non-hydrogen) atoms. The van der Waals surface area contributed by atoms with E-state index in [2.05, 4.69) is 5.32 Å². The minimum atomic E-state index is -0.339. The van der Waals surface area contributed by atoms with Crippen molar-refractivity contribution in [3.8, 4) is 0 Å². The van der Waals surface area contributed by atoms with Gasteiger partial charge in [-0.15, -0.1) is 0 Å². The second-order valence-corrected chi connectivity index (χ2v) is 4.12. The van der Waals surface area contributed by atoms with Crippen LogP contribution in [0.15, 0.2) is 18.2 Å². The SMILES string of the molecule is CCOC(=O)CCC(=O)Nc1c(C)cccc1C. The molecule has 0 heterocycles. The Kier molecular flexibility index (Phi) is 5.36. The van der Waals surface area contributed by atoms with Crippen molar-refractivity contribution in [3.63, 3.8) is 0 Å². The summed E-state index contributed by atoms with van der Waals surface area (Å²) in [4.78, 5) is 22.8. The number of ether oxygens (including phenoxy) is 1. The van der Waals surface area contributed by atoms with E-state index in [-0.39, 0.29) is 24.7 Å². The van der Waals surface area contributed by atoms with Crippen LogP contribution < -0.4 is 5.32 Å². The summed E-state index contributed by atoms with van der Waals surface area (Å²) in [5, 5.41) is 2.83. The first-order valence-electron chi connectivity index (χ1n) is 6.06. The van der Waals surface area contributed by atoms with Crippen molar-refractivity contribution in [3.05, 3.63) is 29.3 Å². The molecule has 0 radical (unpaired) electrons. The van der Waals surface area contributed by atoms with Gasteiger partial charge in [-0.1, -0.05) is 18.2 Å². The molecule has 98 valence electrons. The molecule has 1 aromatic carbocycles. The summed E-state index contributed by atoms with van der Waals surface area (Å²) >= 11 is 0. The van der Waals surface area contributed by atoms with Crippen LogP contribution in [0.3, 0.4) is 0 Å². The van der Waals surface area contributed by atoms with Gasteiger partial charge in [-0.25, -0.2) is 0 Å². The van der Waals surface area contributed by atoms with Crippen molar-refractivity contribution in [1.82, 2.24) is 0 Å². The maximum atomic E-state index is 11.7. The van der Waals surface area contributed by atoms with E-state index < -0.39 is 0 Å². The van der Waals surface area contributed by atoms with E-state index >= 15 is 0 Å². The Hall–Kier alpha value is -1.84. The number of aryl methyl sites for hydroxylation is 2. The molecule has 0 spiro atoms. The number of esters is 1. The molecule has 4 nitrogen and oxygen atoms in total. The van der Waals surface area contributed by atoms with E-state index in [0.717, 1.165) is 16.8 Å². The first kappa shape index (κ1) is 14.2. The molecular formula is C14H19NO3. The van der Waals surface area contributed by atoms with Crippen LogP contribution in [0.2, 0.25) is 0 Å². The summed E-state index contributed by atoms with van der Waals surface area (Å²) in [7, 11) is 0. The average molecular weight is 249 g/mol. The zero-order valence-corrected chi connectivity index (χ0v) is 11.1. The van der Waals surface area contributed by atoms with Crippen LogP contribution in [0.5, 0.6) is 0 Å². The number of hydrogen-bond donors (Lipinski definition) is 1. The summed E-state index contributed by atoms with van der Waals surface area (Å²) in [6.07, 6.45) is 0.261. The van der Waals surface area contributed by atoms with Gasteiger partial charge in [0.15, 0.2) is 0 Å². The van der Waals surface area contributed by atoms with Gasteiger partial charge in [-0.2, -0.15) is 0 Å². The van der Waals surface area contributed by atoms with Crippen molar-refractivity contribution in [2.75, 3.05) is 11.9 Å². The van der Waals surface area contributed by atoms with Crippen molar-refractivity contribution in [2.24, 2.45) is 0 Å². The van der Waals surface area contributed by atoms with Gasteiger partial charge in [0.05, 0.1) is 13.0 Å². The average Bonchev–Trinajstić information content (AvgIpc) is 2.32. The number of nitrogens with one attached hydrogen (secondary N) is 1. The van der Waals surface area contributed by atoms with E-state index in [1.54, 1.807) is 6.92 Å². The van der Waals surface area contributed by atoms with Crippen LogP contribution >= 0.6 is 0 Å². The predicted octanol–water partition coefficient (Wildman–Crippen LogP) is 2.59. The van der Waals surface area contributed by atoms with E-state index in [0.29, 0.717) is 6.61 Å². The van der Waals surface area contributed by atoms with Crippen LogP contribution in [-0.2, 0) is 14.3 Å². The summed E-state index contributed by atoms with van der Waals surface area (Å²) in [6, 6.07) is 5.82. The third-order valence-corrected chi connectivity index (χ3v) is 2.61. The van der Waals surface area contributed by atoms with Gasteiger partial charge in [-0.05, 0) is 31.9 Å². The maximum Gasteiger partial charge on any atom is 0.306 e. The Morgan fingerprint density at radius 3 is 2.33 bits per heavy atom. The largest absolute Gasteiger partial charge is 0.466 e. The zero-order valence-electron chi connectivity index (χ0n) is 11.1. The van der Waals surface area contributed by atoms with Crippen LogP contribution in [0.1, 0.15) is 30.9 Å². The molecule has 0 aliphatic rings. The highest BCUT2D eigenvalue weighted by atomic mass is 16.5. The van der Waals surface area contributed by atoms with Gasteiger partial charge in [-0.3, -0.25) is 9.59 Å². The molecule has 1 N–H and O–H groups in total. The number of benzene rings is 1. The Labute approximate surface area is 107 Å². The van der Waals surface area contributed by atoms with Crippen molar-refractivity contribution < 1.29 is 14.3 Å². The molecule has 0 atom stereocenters. The van der Waals surface area contributed by atoms with Gasteiger partial charge in [0.2, 0.25) is 5.91 Å². The fourth-order valence-electron chi connectivity index (χ4n) is 1.66. The van der Waals surface area contributed by atoms with Crippen molar-refractivity contribution >= 4 is 17.6 Å². The molecule has 0 saturated heterocycles. The monoisotopic (exact) mass is 249 g/mol. The highest BCUT2D eigenvalue weighted by Crippen LogP contribution is 2.19. The second-order valence-electron chi connectivity index (χ2n) is 4.12. The lowest BCUT2D eigenvalue weighted by Gasteiger charge is -2.11. The number of rotatable bonds is 5. The first-order valence-corrected chi connectivity index (χ1v) is 6.06. The Balaban J connectivity index is 2.52. The van der Waals surface area contributed by atoms with Crippen LogP contribution in [0, 0.1) is 13.8 Å². The molecule has 0 aromatic heterocycles. The number of amides is 1. The topological polar surface area (TPSA) is 55.4 Å². The van der Waals surface area contributed by atoms with Crippen molar-refractivity contribution in [2.45, 2.75) is 33.6 Å². The third-order valence-electron chi connectivity index (χ3n) is 2.61. The van der Waals surface area contributed by atoms with Crippen molar-refractivity contribution in [1.29, 1.82) is 0 Å². The Morgan fingerprint density at radius 1 is 1.17 bits per heavy atom. The van der Waals surface area contributed by atoms with Gasteiger partial charge in [0, 0.05) is 12.1 Å². The highest BCUT2D eigenvalue weighted by molar-refractivity contribution is 5.93. The fourth-order valence-corrected chi connectivity index (χ4v) is 1.66. The number of carbonyl (C=O) groups is 2. The molecule has 0 fully saturated rings. The summed E-state index contributed by atoms with van der Waals surface area (Å²) in [5.74, 6) is -0.505. The van der Waals surface area contributed by atoms with Gasteiger partial charge < -0.3 is 10.1 Å². The molecule has 0 bridgehead atoms. The summed E-state index contributed by atoms with van der Waals surface area (Å²) in [6.45, 7) is 5.97. The van der Waals surface area contributed by atoms with E-state index in [1.165, 1.54) is 0 Å². The fraction of sp³-hybridized carbons (Fsp3) is 0.429. The molecule has 4 heteroatoms. The standard InChI is InChI=1S/C14H19NO3/c1-4-18-13(17)9-8-12(16)15-14-10(2)6-5-7-11(14)3/h5-7H,4,8-9H2,1-3H3,(H,15,16). The maximum absolute atomic E-state index is 11.7. The Morgan fingerprint density at radius 2 is 1.78 bits per heavy atom. The first-order chi connectivity index (χ1) is 8.54. The Bertz CT molecular complexity index is 420. The van der Waals surface area contributed by atoms with E-state index in [9.17, 15) is 9.59 Å². The lowest BCUT2D eigenvalue weighted by Crippen LogP contribution is -2.15. The molecule has 0 unspecified atom stereocenters. The predicted molar refractivity (Wildman–Crippen MR) is 70.4 cm³/mol. The molecule has 0 saturated carbocycles. The normalized spacial score (nSPS) is 9.94. The summed E-state index contributed by atoms with van der Waals surface area (Å²) in [5.41, 5.74) is 2.85. The second kappa shape index (κ2) is 6.79. The molecule has 0 aliphatic heterocycles. The number of hydrogen-bond acceptors (Lipinski definition) is 3. The number of carbonyl (C=O) groups excluding carboxylic acids is 2. The third kappa shape index (κ3) is 4.20. The highest BCUT2D eigenvalue weighted by Gasteiger charge is 2.10. The zero-order chi connectivity index (χ0) is 13.5. The van der Waals surface area contributed by atoms with Gasteiger partial charge >= 0.3 is 5.97 Å². The van der Waals surface area contributed by atoms with Gasteiger partial charge in [0.25, 0.3) is 0 Å². The molecule has 0 aliphatic carbocycles. The molecule has 1 rings (SSSR count). The number of para-hydroxylation sites is 1. The van der Waals surface area contributed by atoms with Crippen LogP contribution in [-0.4, -0.2) is 18.5 Å². The van der Waals surface area contributed by atoms with Gasteiger partial charge in [0.1, 0.15) is 0 Å². The minimum absolute atomic E-state index is 0.116. The molecular weight excluding hydrogens is 230 g/mol. The van der Waals surface area contributed by atoms with E-state index in [1.807, 2.05) is 32.0 Å². The smallest absolute Gasteiger partial charge is 0.306 e. The lowest BCUT2D eigenvalue weighted by molar-refractivity contribution is -0.144.